The Hall–Kier alpha value is -6.36. The number of fused-ring (bicyclic) bond motifs is 3. The Morgan fingerprint density at radius 1 is 1.01 bits per heavy atom. The highest BCUT2D eigenvalue weighted by Gasteiger charge is 2.44. The number of ether oxygens (including phenoxy) is 1. The summed E-state index contributed by atoms with van der Waals surface area (Å²) in [5.74, 6) is 6.59. The van der Waals surface area contributed by atoms with Crippen LogP contribution >= 0.6 is 23.5 Å². The van der Waals surface area contributed by atoms with Gasteiger partial charge < -0.3 is 54.4 Å². The third kappa shape index (κ3) is 14.3. The van der Waals surface area contributed by atoms with Gasteiger partial charge in [-0.3, -0.25) is 23.6 Å². The largest absolute Gasteiger partial charge is 0.490 e. The van der Waals surface area contributed by atoms with Gasteiger partial charge in [-0.15, -0.1) is 0 Å². The number of benzene rings is 3. The number of hydrogen-bond acceptors (Lipinski definition) is 16. The second-order valence-corrected chi connectivity index (χ2v) is 25.7. The van der Waals surface area contributed by atoms with Gasteiger partial charge in [-0.2, -0.15) is 22.0 Å². The molecule has 2 unspecified atom stereocenters. The van der Waals surface area contributed by atoms with Gasteiger partial charge in [-0.05, 0) is 75.1 Å². The van der Waals surface area contributed by atoms with Crippen molar-refractivity contribution < 1.29 is 78.4 Å². The number of rotatable bonds is 21. The minimum Gasteiger partial charge on any atom is -0.456 e. The zero-order valence-electron chi connectivity index (χ0n) is 45.2. The molecule has 5 atom stereocenters. The Labute approximate surface area is 471 Å². The molecule has 29 heteroatoms. The molecule has 2 aromatic heterocycles. The van der Waals surface area contributed by atoms with Crippen LogP contribution in [0.4, 0.5) is 11.6 Å². The van der Waals surface area contributed by atoms with Gasteiger partial charge in [0.15, 0.2) is 5.65 Å². The molecule has 2 aromatic carbocycles. The van der Waals surface area contributed by atoms with E-state index in [2.05, 4.69) is 87.9 Å². The highest BCUT2D eigenvalue weighted by atomic mass is 32.2. The predicted octanol–water partition coefficient (Wildman–Crippen LogP) is 6.45. The van der Waals surface area contributed by atoms with Crippen molar-refractivity contribution in [3.05, 3.63) is 129 Å². The maximum Gasteiger partial charge on any atom is 0.490 e. The average Bonchev–Trinajstić information content (AvgIpc) is 3.60. The molecule has 3 aliphatic heterocycles. The molecule has 1 amide bonds. The summed E-state index contributed by atoms with van der Waals surface area (Å²) in [6.07, 6.45) is 5.34. The van der Waals surface area contributed by atoms with Gasteiger partial charge in [0.05, 0.1) is 41.2 Å². The van der Waals surface area contributed by atoms with Crippen LogP contribution in [0.25, 0.3) is 39.8 Å². The summed E-state index contributed by atoms with van der Waals surface area (Å²) in [5, 5.41) is 14.5. The van der Waals surface area contributed by atoms with E-state index in [1.165, 1.54) is 22.9 Å². The first kappa shape index (κ1) is 61.7. The van der Waals surface area contributed by atoms with Crippen LogP contribution in [0.5, 0.6) is 0 Å². The van der Waals surface area contributed by atoms with Crippen molar-refractivity contribution in [3.63, 3.8) is 0 Å². The second kappa shape index (κ2) is 24.8. The summed E-state index contributed by atoms with van der Waals surface area (Å²) in [6.45, 7) is 11.4. The molecule has 10 N–H and O–H groups in total. The highest BCUT2D eigenvalue weighted by molar-refractivity contribution is 7.85. The predicted molar refractivity (Wildman–Crippen MR) is 303 cm³/mol. The minimum absolute atomic E-state index is 0.0157. The molecule has 4 aromatic rings. The normalized spacial score (nSPS) is 19.1. The van der Waals surface area contributed by atoms with Gasteiger partial charge in [0.1, 0.15) is 36.9 Å². The lowest BCUT2D eigenvalue weighted by Crippen LogP contribution is -2.29. The summed E-state index contributed by atoms with van der Waals surface area (Å²) >= 11 is 0. The van der Waals surface area contributed by atoms with Crippen LogP contribution in [0.1, 0.15) is 88.3 Å². The lowest BCUT2D eigenvalue weighted by molar-refractivity contribution is -0.120. The lowest BCUT2D eigenvalue weighted by Gasteiger charge is -2.27. The number of aromatic amines is 1. The molecule has 0 spiro atoms. The molecule has 4 aliphatic rings. The van der Waals surface area contributed by atoms with Gasteiger partial charge in [0.2, 0.25) is 17.2 Å². The third-order valence-corrected chi connectivity index (χ3v) is 18.6. The molecule has 0 bridgehead atoms. The number of nitrogens with zero attached hydrogens (tertiary/aromatic N) is 4. The number of nitrogens with one attached hydrogen (secondary N) is 2. The quantitative estimate of drug-likeness (QED) is 0.0123. The van der Waals surface area contributed by atoms with Gasteiger partial charge in [0.25, 0.3) is 15.7 Å². The number of hydrogen-bond donors (Lipinski definition) is 9. The zero-order chi connectivity index (χ0) is 59.5. The summed E-state index contributed by atoms with van der Waals surface area (Å²) in [5.41, 5.74) is 10.8. The van der Waals surface area contributed by atoms with Crippen LogP contribution in [-0.4, -0.2) is 103 Å². The Morgan fingerprint density at radius 2 is 1.74 bits per heavy atom. The van der Waals surface area contributed by atoms with E-state index < -0.39 is 69.6 Å². The van der Waals surface area contributed by atoms with Crippen LogP contribution in [-0.2, 0) is 51.9 Å². The molecule has 438 valence electrons. The van der Waals surface area contributed by atoms with E-state index in [4.69, 9.17) is 24.7 Å². The van der Waals surface area contributed by atoms with E-state index >= 15 is 0 Å². The molecular weight excluding hydrogens is 1150 g/mol. The Bertz CT molecular complexity index is 3910. The first-order valence-electron chi connectivity index (χ1n) is 25.9. The van der Waals surface area contributed by atoms with Crippen molar-refractivity contribution in [1.82, 2.24) is 24.4 Å². The van der Waals surface area contributed by atoms with Gasteiger partial charge in [-0.25, -0.2) is 18.3 Å². The van der Waals surface area contributed by atoms with E-state index in [1.807, 2.05) is 63.3 Å². The van der Waals surface area contributed by atoms with E-state index in [0.717, 1.165) is 69.2 Å². The van der Waals surface area contributed by atoms with Crippen molar-refractivity contribution in [3.8, 4) is 34.5 Å². The zero-order valence-corrected chi connectivity index (χ0v) is 48.7. The molecule has 1 fully saturated rings. The summed E-state index contributed by atoms with van der Waals surface area (Å²) in [7, 11) is -21.5. The fraction of sp³-hybridized carbons (Fsp3) is 0.358. The Kier molecular flexibility index (Phi) is 18.7. The SMILES string of the molecule is CC[N+](CC)=c1ccc2c(/C=C/C=C3/N(CCCCCC(=O)NCC#Cc4cn([C@H]5C[C@H](O)[C@@H](COP(=O)(O)OP(=O)(O)OP(=O)(O)O)O5)c5nc(N)[nH]c(=O)c45)c4ccc(S(=O)(=O)O)cc4C3(C)C)c(C)c(-c3ccccc3)oc-2c1. The maximum atomic E-state index is 13.1. The fourth-order valence-corrected chi connectivity index (χ4v) is 13.6. The van der Waals surface area contributed by atoms with Crippen LogP contribution in [0, 0.1) is 18.8 Å². The lowest BCUT2D eigenvalue weighted by atomic mass is 9.83. The second-order valence-electron chi connectivity index (χ2n) is 19.8. The number of aliphatic hydroxyl groups is 1. The number of aromatic nitrogens is 3. The summed E-state index contributed by atoms with van der Waals surface area (Å²) < 4.78 is 97.8. The number of allylic oxidation sites excluding steroid dienone is 3. The number of phosphoric ester groups is 1. The first-order valence-corrected chi connectivity index (χ1v) is 31.8. The van der Waals surface area contributed by atoms with Crippen LogP contribution < -0.4 is 31.4 Å². The Balaban J connectivity index is 0.929. The summed E-state index contributed by atoms with van der Waals surface area (Å²) in [4.78, 5) is 71.6. The number of nitrogens with two attached hydrogens (primary N) is 1. The number of carbonyl (C=O) groups excluding carboxylic acids is 1. The van der Waals surface area contributed by atoms with E-state index in [-0.39, 0.29) is 52.7 Å². The molecule has 0 radical (unpaired) electrons. The number of amides is 1. The van der Waals surface area contributed by atoms with Crippen molar-refractivity contribution in [2.45, 2.75) is 95.5 Å². The van der Waals surface area contributed by atoms with Crippen LogP contribution in [0.15, 0.2) is 105 Å². The van der Waals surface area contributed by atoms with E-state index in [0.29, 0.717) is 25.8 Å². The molecule has 8 rings (SSSR count). The van der Waals surface area contributed by atoms with Crippen molar-refractivity contribution in [1.29, 1.82) is 0 Å². The standard InChI is InChI=1S/C53H62N7O18P3S/c1-6-58(7-2)36-22-24-39-38(33(3)49(76-43(39)28-36)34-16-10-8-11-17-34)19-14-20-45-53(4,5)40-29-37(82(71,72)73)23-25-41(40)59(45)27-13-9-12-21-46(62)55-26-15-18-35-31-60(50-48(35)51(63)57-52(54)56-50)47-30-42(61)44(75-47)32-74-80(67,68)78-81(69,70)77-79(64,65)66/h8,10-11,14,16-17,19-20,22-25,28-29,31,42,44,47,61H,6-7,9,12-13,21,26-27,30,32H2,1-5H3,(H8-,54,55,56,57,62,63,64,65,66,67,68,69,70,71,72,73)/p+1/t42-,44+,47+/m0/s1. The molecule has 1 saturated heterocycles. The fourth-order valence-electron chi connectivity index (χ4n) is 10.1. The number of unbranched alkanes of at least 4 members (excludes halogenated alkanes) is 2. The van der Waals surface area contributed by atoms with E-state index in [1.54, 1.807) is 6.07 Å². The highest BCUT2D eigenvalue weighted by Crippen LogP contribution is 2.66. The van der Waals surface area contributed by atoms with E-state index in [9.17, 15) is 51.1 Å². The monoisotopic (exact) mass is 1210 g/mol. The molecule has 25 nitrogen and oxygen atoms in total. The molecular formula is C53H63N7O18P3S+. The Morgan fingerprint density at radius 3 is 2.44 bits per heavy atom. The molecule has 1 aliphatic carbocycles. The van der Waals surface area contributed by atoms with Crippen molar-refractivity contribution in [2.75, 3.05) is 43.4 Å². The summed E-state index contributed by atoms with van der Waals surface area (Å²) in [6, 6.07) is 20.8. The molecule has 5 heterocycles. The number of H-pyrrole nitrogens is 1. The number of carbonyl (C=O) groups is 1. The van der Waals surface area contributed by atoms with Crippen LogP contribution in [0.3, 0.4) is 0 Å². The number of anilines is 2. The number of aliphatic hydroxyl groups excluding tert-OH is 1. The van der Waals surface area contributed by atoms with Crippen LogP contribution in [0.2, 0.25) is 0 Å². The average molecular weight is 1210 g/mol. The van der Waals surface area contributed by atoms with Gasteiger partial charge >= 0.3 is 23.5 Å². The van der Waals surface area contributed by atoms with Crippen molar-refractivity contribution in [2.24, 2.45) is 0 Å². The van der Waals surface area contributed by atoms with Gasteiger partial charge in [-0.1, -0.05) is 74.6 Å². The smallest absolute Gasteiger partial charge is 0.456 e. The van der Waals surface area contributed by atoms with Crippen molar-refractivity contribution >= 4 is 68.2 Å². The molecule has 82 heavy (non-hydrogen) atoms. The number of phosphoric acid groups is 3. The topological polar surface area (TPSA) is 369 Å². The van der Waals surface area contributed by atoms with Gasteiger partial charge in [0, 0.05) is 65.1 Å². The minimum atomic E-state index is -5.80. The molecule has 0 saturated carbocycles. The number of nitrogen functional groups attached to an aromatic ring is 1. The third-order valence-electron chi connectivity index (χ3n) is 14.0. The first-order chi connectivity index (χ1) is 38.6. The maximum absolute atomic E-state index is 13.1.